The van der Waals surface area contributed by atoms with E-state index >= 15 is 0 Å². The van der Waals surface area contributed by atoms with Gasteiger partial charge in [0.15, 0.2) is 5.82 Å². The molecular formula is C17H20N4O3. The van der Waals surface area contributed by atoms with Crippen LogP contribution in [0, 0.1) is 11.8 Å². The topological polar surface area (TPSA) is 97.1 Å². The molecule has 0 unspecified atom stereocenters. The van der Waals surface area contributed by atoms with Gasteiger partial charge in [0.25, 0.3) is 0 Å². The van der Waals surface area contributed by atoms with Crippen molar-refractivity contribution < 1.29 is 14.7 Å². The van der Waals surface area contributed by atoms with E-state index in [0.29, 0.717) is 24.9 Å². The third kappa shape index (κ3) is 3.29. The summed E-state index contributed by atoms with van der Waals surface area (Å²) in [6.45, 7) is 2.77. The minimum absolute atomic E-state index is 0.118. The Morgan fingerprint density at radius 2 is 2.12 bits per heavy atom. The van der Waals surface area contributed by atoms with Crippen molar-refractivity contribution in [1.29, 1.82) is 0 Å². The Bertz CT molecular complexity index is 756. The number of hydrogen-bond donors (Lipinski definition) is 2. The molecule has 0 saturated heterocycles. The molecule has 3 rings (SSSR count). The molecule has 1 fully saturated rings. The van der Waals surface area contributed by atoms with Crippen LogP contribution < -0.4 is 5.32 Å². The number of carbonyl (C=O) groups excluding carboxylic acids is 1. The highest BCUT2D eigenvalue weighted by atomic mass is 16.4. The van der Waals surface area contributed by atoms with Crippen LogP contribution in [0.1, 0.15) is 26.2 Å². The van der Waals surface area contributed by atoms with Gasteiger partial charge in [0, 0.05) is 23.7 Å². The van der Waals surface area contributed by atoms with Crippen LogP contribution in [-0.4, -0.2) is 31.7 Å². The minimum atomic E-state index is -0.814. The average molecular weight is 328 g/mol. The second-order valence-corrected chi connectivity index (χ2v) is 6.06. The van der Waals surface area contributed by atoms with Crippen LogP contribution in [0.5, 0.6) is 0 Å². The maximum absolute atomic E-state index is 12.4. The van der Waals surface area contributed by atoms with E-state index in [9.17, 15) is 9.59 Å². The van der Waals surface area contributed by atoms with E-state index in [1.165, 1.54) is 0 Å². The van der Waals surface area contributed by atoms with Gasteiger partial charge in [0.1, 0.15) is 6.33 Å². The van der Waals surface area contributed by atoms with Crippen molar-refractivity contribution in [2.75, 3.05) is 5.32 Å². The van der Waals surface area contributed by atoms with Crippen molar-refractivity contribution in [3.05, 3.63) is 30.6 Å². The predicted octanol–water partition coefficient (Wildman–Crippen LogP) is 2.40. The van der Waals surface area contributed by atoms with Crippen LogP contribution in [0.15, 0.2) is 30.6 Å². The Kier molecular flexibility index (Phi) is 4.59. The number of carboxylic acid groups (broad SMARTS) is 1. The van der Waals surface area contributed by atoms with Crippen LogP contribution in [0.2, 0.25) is 0 Å². The fraction of sp³-hybridized carbons (Fsp3) is 0.412. The largest absolute Gasteiger partial charge is 0.481 e. The summed E-state index contributed by atoms with van der Waals surface area (Å²) in [6.07, 6.45) is 3.26. The number of aromatic nitrogens is 3. The van der Waals surface area contributed by atoms with Gasteiger partial charge < -0.3 is 15.0 Å². The van der Waals surface area contributed by atoms with Gasteiger partial charge in [-0.25, -0.2) is 0 Å². The van der Waals surface area contributed by atoms with Gasteiger partial charge in [-0.2, -0.15) is 0 Å². The van der Waals surface area contributed by atoms with Gasteiger partial charge in [0.05, 0.1) is 5.92 Å². The Labute approximate surface area is 139 Å². The fourth-order valence-electron chi connectivity index (χ4n) is 3.13. The number of nitrogens with zero attached hydrogens (tertiary/aromatic N) is 3. The first kappa shape index (κ1) is 16.2. The number of anilines is 1. The second kappa shape index (κ2) is 6.82. The maximum Gasteiger partial charge on any atom is 0.306 e. The number of carbonyl (C=O) groups is 2. The molecule has 0 aliphatic heterocycles. The lowest BCUT2D eigenvalue weighted by atomic mass is 10.0. The van der Waals surface area contributed by atoms with E-state index in [1.54, 1.807) is 6.33 Å². The molecule has 1 amide bonds. The monoisotopic (exact) mass is 328 g/mol. The number of aliphatic carboxylic acids is 1. The molecule has 1 aromatic heterocycles. The Hall–Kier alpha value is -2.70. The normalized spacial score (nSPS) is 20.0. The summed E-state index contributed by atoms with van der Waals surface area (Å²) in [6, 6.07) is 7.45. The highest BCUT2D eigenvalue weighted by Crippen LogP contribution is 2.32. The zero-order chi connectivity index (χ0) is 17.1. The van der Waals surface area contributed by atoms with E-state index < -0.39 is 11.9 Å². The van der Waals surface area contributed by atoms with Crippen LogP contribution in [0.4, 0.5) is 5.69 Å². The van der Waals surface area contributed by atoms with Gasteiger partial charge in [-0.1, -0.05) is 12.1 Å². The van der Waals surface area contributed by atoms with E-state index in [-0.39, 0.29) is 11.8 Å². The lowest BCUT2D eigenvalue weighted by Gasteiger charge is -2.12. The lowest BCUT2D eigenvalue weighted by molar-refractivity contribution is -0.141. The Balaban J connectivity index is 1.71. The third-order valence-electron chi connectivity index (χ3n) is 4.50. The van der Waals surface area contributed by atoms with Gasteiger partial charge in [-0.3, -0.25) is 9.59 Å². The van der Waals surface area contributed by atoms with E-state index in [4.69, 9.17) is 5.11 Å². The van der Waals surface area contributed by atoms with Gasteiger partial charge in [-0.05, 0) is 38.3 Å². The van der Waals surface area contributed by atoms with Crippen molar-refractivity contribution in [3.63, 3.8) is 0 Å². The molecule has 2 N–H and O–H groups in total. The first-order valence-corrected chi connectivity index (χ1v) is 8.10. The summed E-state index contributed by atoms with van der Waals surface area (Å²) < 4.78 is 1.93. The highest BCUT2D eigenvalue weighted by Gasteiger charge is 2.33. The summed E-state index contributed by atoms with van der Waals surface area (Å²) in [5.41, 5.74) is 1.56. The maximum atomic E-state index is 12.4. The van der Waals surface area contributed by atoms with Crippen molar-refractivity contribution in [2.45, 2.75) is 32.7 Å². The van der Waals surface area contributed by atoms with E-state index in [1.807, 2.05) is 35.8 Å². The molecule has 0 radical (unpaired) electrons. The molecule has 1 aromatic carbocycles. The van der Waals surface area contributed by atoms with Crippen LogP contribution in [-0.2, 0) is 16.1 Å². The smallest absolute Gasteiger partial charge is 0.306 e. The Morgan fingerprint density at radius 1 is 1.33 bits per heavy atom. The first-order valence-electron chi connectivity index (χ1n) is 8.10. The predicted molar refractivity (Wildman–Crippen MR) is 88.2 cm³/mol. The molecule has 126 valence electrons. The van der Waals surface area contributed by atoms with Crippen LogP contribution >= 0.6 is 0 Å². The minimum Gasteiger partial charge on any atom is -0.481 e. The van der Waals surface area contributed by atoms with Crippen LogP contribution in [0.25, 0.3) is 11.4 Å². The van der Waals surface area contributed by atoms with Gasteiger partial charge in [0.2, 0.25) is 5.91 Å². The molecule has 1 saturated carbocycles. The molecule has 1 aliphatic rings. The van der Waals surface area contributed by atoms with Gasteiger partial charge >= 0.3 is 5.97 Å². The number of rotatable bonds is 5. The van der Waals surface area contributed by atoms with E-state index in [2.05, 4.69) is 15.5 Å². The summed E-state index contributed by atoms with van der Waals surface area (Å²) >= 11 is 0. The first-order chi connectivity index (χ1) is 11.6. The average Bonchev–Trinajstić information content (AvgIpc) is 3.24. The van der Waals surface area contributed by atoms with Crippen molar-refractivity contribution in [2.24, 2.45) is 11.8 Å². The SMILES string of the molecule is CCn1cnnc1-c1cccc(NC(=O)[C@@H]2CC[C@H](C(=O)O)C2)c1. The number of hydrogen-bond acceptors (Lipinski definition) is 4. The molecule has 0 bridgehead atoms. The summed E-state index contributed by atoms with van der Waals surface area (Å²) in [5.74, 6) is -0.830. The van der Waals surface area contributed by atoms with E-state index in [0.717, 1.165) is 17.9 Å². The van der Waals surface area contributed by atoms with Crippen molar-refractivity contribution >= 4 is 17.6 Å². The van der Waals surface area contributed by atoms with Crippen molar-refractivity contribution in [1.82, 2.24) is 14.8 Å². The molecule has 7 heteroatoms. The highest BCUT2D eigenvalue weighted by molar-refractivity contribution is 5.93. The van der Waals surface area contributed by atoms with Gasteiger partial charge in [-0.15, -0.1) is 10.2 Å². The van der Waals surface area contributed by atoms with Crippen LogP contribution in [0.3, 0.4) is 0 Å². The zero-order valence-electron chi connectivity index (χ0n) is 13.5. The summed E-state index contributed by atoms with van der Waals surface area (Å²) in [7, 11) is 0. The third-order valence-corrected chi connectivity index (χ3v) is 4.50. The Morgan fingerprint density at radius 3 is 2.83 bits per heavy atom. The molecule has 2 aromatic rings. The number of amides is 1. The molecule has 0 spiro atoms. The molecule has 1 heterocycles. The number of nitrogens with one attached hydrogen (secondary N) is 1. The fourth-order valence-corrected chi connectivity index (χ4v) is 3.13. The lowest BCUT2D eigenvalue weighted by Crippen LogP contribution is -2.21. The summed E-state index contributed by atoms with van der Waals surface area (Å²) in [4.78, 5) is 23.4. The number of benzene rings is 1. The molecular weight excluding hydrogens is 308 g/mol. The molecule has 7 nitrogen and oxygen atoms in total. The number of carboxylic acids is 1. The second-order valence-electron chi connectivity index (χ2n) is 6.06. The quantitative estimate of drug-likeness (QED) is 0.878. The molecule has 24 heavy (non-hydrogen) atoms. The summed E-state index contributed by atoms with van der Waals surface area (Å²) in [5, 5.41) is 20.0. The number of aryl methyl sites for hydroxylation is 1. The standard InChI is InChI=1S/C17H20N4O3/c1-2-21-10-18-20-15(21)11-4-3-5-14(9-11)19-16(22)12-6-7-13(8-12)17(23)24/h3-5,9-10,12-13H,2,6-8H2,1H3,(H,19,22)(H,23,24)/t12-,13+/m1/s1. The molecule has 2 atom stereocenters. The zero-order valence-corrected chi connectivity index (χ0v) is 13.5. The van der Waals surface area contributed by atoms with Crippen molar-refractivity contribution in [3.8, 4) is 11.4 Å². The molecule has 1 aliphatic carbocycles.